The standard InChI is InChI=1S/C16H14O5/c1-20-15(18)13-12-10(8-21-16(12)19)7-6-9-4-2-3-5-11(9)14(13)17/h2-5,17H,6-8H2,1H3. The summed E-state index contributed by atoms with van der Waals surface area (Å²) < 4.78 is 9.75. The van der Waals surface area contributed by atoms with E-state index in [0.717, 1.165) is 11.1 Å². The lowest BCUT2D eigenvalue weighted by Crippen LogP contribution is -2.16. The van der Waals surface area contributed by atoms with Crippen molar-refractivity contribution < 1.29 is 24.2 Å². The van der Waals surface area contributed by atoms with E-state index in [-0.39, 0.29) is 23.5 Å². The van der Waals surface area contributed by atoms with Crippen LogP contribution in [0.15, 0.2) is 41.0 Å². The van der Waals surface area contributed by atoms with Crippen molar-refractivity contribution in [3.63, 3.8) is 0 Å². The van der Waals surface area contributed by atoms with Gasteiger partial charge in [0.25, 0.3) is 0 Å². The molecule has 1 aliphatic carbocycles. The Morgan fingerprint density at radius 1 is 1.29 bits per heavy atom. The van der Waals surface area contributed by atoms with Gasteiger partial charge in [-0.15, -0.1) is 0 Å². The number of aliphatic hydroxyl groups excluding tert-OH is 1. The fourth-order valence-corrected chi connectivity index (χ4v) is 2.73. The highest BCUT2D eigenvalue weighted by Gasteiger charge is 2.36. The van der Waals surface area contributed by atoms with Crippen LogP contribution in [-0.2, 0) is 25.5 Å². The van der Waals surface area contributed by atoms with Crippen LogP contribution < -0.4 is 0 Å². The van der Waals surface area contributed by atoms with Gasteiger partial charge in [-0.1, -0.05) is 24.3 Å². The number of hydrogen-bond donors (Lipinski definition) is 1. The van der Waals surface area contributed by atoms with Crippen LogP contribution in [0.1, 0.15) is 17.5 Å². The van der Waals surface area contributed by atoms with Crippen LogP contribution in [0, 0.1) is 0 Å². The van der Waals surface area contributed by atoms with Gasteiger partial charge in [-0.2, -0.15) is 0 Å². The molecule has 0 fully saturated rings. The molecule has 0 atom stereocenters. The largest absolute Gasteiger partial charge is 0.506 e. The molecule has 1 aromatic carbocycles. The minimum absolute atomic E-state index is 0.109. The van der Waals surface area contributed by atoms with Crippen LogP contribution in [0.5, 0.6) is 0 Å². The quantitative estimate of drug-likeness (QED) is 0.799. The number of hydrogen-bond acceptors (Lipinski definition) is 5. The minimum Gasteiger partial charge on any atom is -0.506 e. The number of fused-ring (bicyclic) bond motifs is 1. The fourth-order valence-electron chi connectivity index (χ4n) is 2.73. The van der Waals surface area contributed by atoms with Gasteiger partial charge < -0.3 is 14.6 Å². The number of rotatable bonds is 1. The molecule has 0 saturated carbocycles. The van der Waals surface area contributed by atoms with Crippen molar-refractivity contribution in [1.82, 2.24) is 0 Å². The summed E-state index contributed by atoms with van der Waals surface area (Å²) in [7, 11) is 1.22. The lowest BCUT2D eigenvalue weighted by Gasteiger charge is -2.16. The Bertz CT molecular complexity index is 696. The molecule has 0 radical (unpaired) electrons. The van der Waals surface area contributed by atoms with E-state index in [1.165, 1.54) is 7.11 Å². The maximum absolute atomic E-state index is 12.1. The summed E-state index contributed by atoms with van der Waals surface area (Å²) in [6.07, 6.45) is 1.27. The molecule has 2 aliphatic rings. The highest BCUT2D eigenvalue weighted by Crippen LogP contribution is 2.35. The van der Waals surface area contributed by atoms with E-state index < -0.39 is 11.9 Å². The molecule has 0 unspecified atom stereocenters. The number of esters is 2. The maximum atomic E-state index is 12.1. The third-order valence-corrected chi connectivity index (χ3v) is 3.78. The van der Waals surface area contributed by atoms with Crippen LogP contribution in [-0.4, -0.2) is 30.8 Å². The highest BCUT2D eigenvalue weighted by molar-refractivity contribution is 6.12. The summed E-state index contributed by atoms with van der Waals surface area (Å²) >= 11 is 0. The molecule has 5 heteroatoms. The average Bonchev–Trinajstić information content (AvgIpc) is 2.85. The summed E-state index contributed by atoms with van der Waals surface area (Å²) in [6, 6.07) is 7.26. The third-order valence-electron chi connectivity index (χ3n) is 3.78. The maximum Gasteiger partial charge on any atom is 0.342 e. The van der Waals surface area contributed by atoms with E-state index in [1.54, 1.807) is 12.1 Å². The monoisotopic (exact) mass is 286 g/mol. The molecule has 1 heterocycles. The van der Waals surface area contributed by atoms with Crippen molar-refractivity contribution in [1.29, 1.82) is 0 Å². The van der Waals surface area contributed by atoms with Crippen LogP contribution in [0.3, 0.4) is 0 Å². The van der Waals surface area contributed by atoms with E-state index >= 15 is 0 Å². The van der Waals surface area contributed by atoms with Gasteiger partial charge in [0.1, 0.15) is 17.9 Å². The lowest BCUT2D eigenvalue weighted by molar-refractivity contribution is -0.139. The van der Waals surface area contributed by atoms with Gasteiger partial charge in [0, 0.05) is 5.56 Å². The Balaban J connectivity index is 2.29. The molecule has 1 aliphatic heterocycles. The second-order valence-electron chi connectivity index (χ2n) is 4.93. The first kappa shape index (κ1) is 13.4. The molecule has 5 nitrogen and oxygen atoms in total. The van der Waals surface area contributed by atoms with Gasteiger partial charge in [0.2, 0.25) is 0 Å². The third kappa shape index (κ3) is 2.11. The number of methoxy groups -OCH3 is 1. The predicted octanol–water partition coefficient (Wildman–Crippen LogP) is 1.93. The predicted molar refractivity (Wildman–Crippen MR) is 74.3 cm³/mol. The van der Waals surface area contributed by atoms with Crippen molar-refractivity contribution in [2.24, 2.45) is 0 Å². The summed E-state index contributed by atoms with van der Waals surface area (Å²) in [4.78, 5) is 24.0. The van der Waals surface area contributed by atoms with E-state index in [9.17, 15) is 14.7 Å². The normalized spacial score (nSPS) is 17.7. The van der Waals surface area contributed by atoms with E-state index in [0.29, 0.717) is 18.4 Å². The molecule has 0 spiro atoms. The van der Waals surface area contributed by atoms with Gasteiger partial charge in [-0.3, -0.25) is 0 Å². The zero-order valence-corrected chi connectivity index (χ0v) is 11.5. The number of carbonyl (C=O) groups excluding carboxylic acids is 2. The first-order valence-corrected chi connectivity index (χ1v) is 6.63. The van der Waals surface area contributed by atoms with Crippen molar-refractivity contribution in [2.45, 2.75) is 12.8 Å². The number of ether oxygens (including phenoxy) is 2. The zero-order chi connectivity index (χ0) is 15.0. The fraction of sp³-hybridized carbons (Fsp3) is 0.250. The first-order chi connectivity index (χ1) is 10.1. The summed E-state index contributed by atoms with van der Waals surface area (Å²) in [6.45, 7) is 0.157. The minimum atomic E-state index is -0.740. The first-order valence-electron chi connectivity index (χ1n) is 6.63. The molecule has 1 N–H and O–H groups in total. The SMILES string of the molecule is COC(=O)C1=C(O)c2ccccc2CCC2=C1C(=O)OC2. The molecule has 0 aromatic heterocycles. The van der Waals surface area contributed by atoms with E-state index in [1.807, 2.05) is 12.1 Å². The van der Waals surface area contributed by atoms with Gasteiger partial charge in [0.15, 0.2) is 0 Å². The molecule has 3 rings (SSSR count). The highest BCUT2D eigenvalue weighted by atomic mass is 16.5. The Kier molecular flexibility index (Phi) is 3.25. The van der Waals surface area contributed by atoms with Crippen molar-refractivity contribution >= 4 is 17.7 Å². The Morgan fingerprint density at radius 2 is 2.05 bits per heavy atom. The summed E-state index contributed by atoms with van der Waals surface area (Å²) in [5.41, 5.74) is 2.23. The Labute approximate surface area is 121 Å². The number of aryl methyl sites for hydroxylation is 1. The van der Waals surface area contributed by atoms with E-state index in [4.69, 9.17) is 9.47 Å². The molecule has 108 valence electrons. The van der Waals surface area contributed by atoms with Crippen molar-refractivity contribution in [3.05, 3.63) is 52.1 Å². The number of carbonyl (C=O) groups is 2. The molecule has 0 saturated heterocycles. The smallest absolute Gasteiger partial charge is 0.342 e. The lowest BCUT2D eigenvalue weighted by atomic mass is 9.89. The van der Waals surface area contributed by atoms with Crippen molar-refractivity contribution in [3.8, 4) is 0 Å². The molecule has 0 amide bonds. The molecule has 1 aromatic rings. The van der Waals surface area contributed by atoms with Crippen LogP contribution >= 0.6 is 0 Å². The summed E-state index contributed by atoms with van der Waals surface area (Å²) in [5.74, 6) is -1.56. The van der Waals surface area contributed by atoms with Gasteiger partial charge >= 0.3 is 11.9 Å². The second-order valence-corrected chi connectivity index (χ2v) is 4.93. The molecular weight excluding hydrogens is 272 g/mol. The average molecular weight is 286 g/mol. The van der Waals surface area contributed by atoms with Gasteiger partial charge in [0.05, 0.1) is 12.7 Å². The van der Waals surface area contributed by atoms with Crippen molar-refractivity contribution in [2.75, 3.05) is 13.7 Å². The molecule has 0 bridgehead atoms. The van der Waals surface area contributed by atoms with Crippen LogP contribution in [0.25, 0.3) is 5.76 Å². The van der Waals surface area contributed by atoms with Gasteiger partial charge in [-0.05, 0) is 24.0 Å². The van der Waals surface area contributed by atoms with Gasteiger partial charge in [-0.25, -0.2) is 9.59 Å². The number of benzene rings is 1. The van der Waals surface area contributed by atoms with Crippen LogP contribution in [0.4, 0.5) is 0 Å². The number of cyclic esters (lactones) is 1. The topological polar surface area (TPSA) is 72.8 Å². The molecule has 21 heavy (non-hydrogen) atoms. The Morgan fingerprint density at radius 3 is 2.81 bits per heavy atom. The van der Waals surface area contributed by atoms with Crippen LogP contribution in [0.2, 0.25) is 0 Å². The second kappa shape index (κ2) is 5.09. The number of aliphatic hydroxyl groups is 1. The molecular formula is C16H14O5. The Hall–Kier alpha value is -2.56. The summed E-state index contributed by atoms with van der Waals surface area (Å²) in [5, 5.41) is 10.5. The zero-order valence-electron chi connectivity index (χ0n) is 11.5. The van der Waals surface area contributed by atoms with E-state index in [2.05, 4.69) is 0 Å².